The van der Waals surface area contributed by atoms with E-state index < -0.39 is 0 Å². The Morgan fingerprint density at radius 3 is 2.61 bits per heavy atom. The fourth-order valence-corrected chi connectivity index (χ4v) is 3.83. The second-order valence-corrected chi connectivity index (χ2v) is 6.55. The molecule has 0 bridgehead atoms. The van der Waals surface area contributed by atoms with E-state index >= 15 is 0 Å². The molecular formula is C15H26N2S. The molecule has 1 aromatic rings. The smallest absolute Gasteiger partial charge is 0.00935 e. The minimum absolute atomic E-state index is 0.759. The molecule has 2 nitrogen and oxygen atoms in total. The summed E-state index contributed by atoms with van der Waals surface area (Å²) < 4.78 is 0. The van der Waals surface area contributed by atoms with E-state index in [1.54, 1.807) is 4.88 Å². The molecule has 0 unspecified atom stereocenters. The van der Waals surface area contributed by atoms with Gasteiger partial charge in [-0.25, -0.2) is 0 Å². The van der Waals surface area contributed by atoms with Crippen LogP contribution in [0, 0.1) is 6.92 Å². The highest BCUT2D eigenvalue weighted by molar-refractivity contribution is 7.10. The molecule has 0 spiro atoms. The third kappa shape index (κ3) is 3.56. The number of likely N-dealkylation sites (N-methyl/N-ethyl adjacent to an activating group) is 1. The van der Waals surface area contributed by atoms with Crippen molar-refractivity contribution in [2.75, 3.05) is 20.6 Å². The van der Waals surface area contributed by atoms with E-state index in [2.05, 4.69) is 42.7 Å². The van der Waals surface area contributed by atoms with E-state index in [1.807, 2.05) is 11.3 Å². The first-order chi connectivity index (χ1) is 8.70. The first kappa shape index (κ1) is 14.0. The van der Waals surface area contributed by atoms with Gasteiger partial charge in [0.1, 0.15) is 0 Å². The Labute approximate surface area is 115 Å². The second kappa shape index (κ2) is 6.69. The van der Waals surface area contributed by atoms with E-state index in [4.69, 9.17) is 0 Å². The molecule has 0 radical (unpaired) electrons. The number of hydrogen-bond donors (Lipinski definition) is 1. The quantitative estimate of drug-likeness (QED) is 0.881. The minimum atomic E-state index is 0.759. The molecule has 0 saturated heterocycles. The van der Waals surface area contributed by atoms with Crippen LogP contribution in [-0.2, 0) is 6.42 Å². The van der Waals surface area contributed by atoms with E-state index in [0.29, 0.717) is 0 Å². The summed E-state index contributed by atoms with van der Waals surface area (Å²) in [7, 11) is 4.39. The van der Waals surface area contributed by atoms with Gasteiger partial charge in [-0.3, -0.25) is 0 Å². The highest BCUT2D eigenvalue weighted by Crippen LogP contribution is 2.23. The van der Waals surface area contributed by atoms with Crippen LogP contribution in [0.3, 0.4) is 0 Å². The van der Waals surface area contributed by atoms with Crippen molar-refractivity contribution in [3.63, 3.8) is 0 Å². The summed E-state index contributed by atoms with van der Waals surface area (Å²) in [4.78, 5) is 4.14. The fraction of sp³-hybridized carbons (Fsp3) is 0.733. The van der Waals surface area contributed by atoms with Crippen LogP contribution in [-0.4, -0.2) is 37.6 Å². The minimum Gasteiger partial charge on any atom is -0.317 e. The highest BCUT2D eigenvalue weighted by atomic mass is 32.1. The SMILES string of the molecule is CNC1CCC(N(C)CCc2sccc2C)CC1. The zero-order valence-corrected chi connectivity index (χ0v) is 12.7. The summed E-state index contributed by atoms with van der Waals surface area (Å²) in [5.74, 6) is 0. The van der Waals surface area contributed by atoms with Gasteiger partial charge in [-0.2, -0.15) is 0 Å². The molecule has 1 aromatic heterocycles. The molecule has 18 heavy (non-hydrogen) atoms. The summed E-state index contributed by atoms with van der Waals surface area (Å²) in [5.41, 5.74) is 1.47. The lowest BCUT2D eigenvalue weighted by Crippen LogP contribution is -2.40. The van der Waals surface area contributed by atoms with Gasteiger partial charge in [-0.15, -0.1) is 11.3 Å². The van der Waals surface area contributed by atoms with Crippen LogP contribution >= 0.6 is 11.3 Å². The first-order valence-electron chi connectivity index (χ1n) is 7.11. The van der Waals surface area contributed by atoms with Crippen molar-refractivity contribution in [3.8, 4) is 0 Å². The van der Waals surface area contributed by atoms with Crippen molar-refractivity contribution in [3.05, 3.63) is 21.9 Å². The average molecular weight is 266 g/mol. The first-order valence-corrected chi connectivity index (χ1v) is 7.99. The maximum Gasteiger partial charge on any atom is 0.00935 e. The normalized spacial score (nSPS) is 24.7. The molecule has 1 fully saturated rings. The Balaban J connectivity index is 1.75. The summed E-state index contributed by atoms with van der Waals surface area (Å²) in [6.45, 7) is 3.43. The van der Waals surface area contributed by atoms with Crippen LogP contribution in [0.4, 0.5) is 0 Å². The third-order valence-corrected chi connectivity index (χ3v) is 5.47. The molecule has 3 heteroatoms. The Kier molecular flexibility index (Phi) is 5.22. The van der Waals surface area contributed by atoms with Crippen LogP contribution in [0.2, 0.25) is 0 Å². The lowest BCUT2D eigenvalue weighted by molar-refractivity contribution is 0.178. The van der Waals surface area contributed by atoms with Crippen LogP contribution in [0.25, 0.3) is 0 Å². The molecule has 1 aliphatic carbocycles. The predicted molar refractivity (Wildman–Crippen MR) is 80.5 cm³/mol. The zero-order valence-electron chi connectivity index (χ0n) is 11.9. The van der Waals surface area contributed by atoms with Crippen molar-refractivity contribution in [2.45, 2.75) is 51.1 Å². The lowest BCUT2D eigenvalue weighted by Gasteiger charge is -2.34. The van der Waals surface area contributed by atoms with E-state index in [1.165, 1.54) is 44.2 Å². The average Bonchev–Trinajstić information content (AvgIpc) is 2.81. The second-order valence-electron chi connectivity index (χ2n) is 5.55. The van der Waals surface area contributed by atoms with Gasteiger partial charge in [-0.05, 0) is 70.1 Å². The topological polar surface area (TPSA) is 15.3 Å². The number of nitrogens with zero attached hydrogens (tertiary/aromatic N) is 1. The van der Waals surface area contributed by atoms with Crippen LogP contribution in [0.15, 0.2) is 11.4 Å². The van der Waals surface area contributed by atoms with Gasteiger partial charge in [-0.1, -0.05) is 0 Å². The molecule has 0 aliphatic heterocycles. The fourth-order valence-electron chi connectivity index (χ4n) is 2.93. The molecule has 1 saturated carbocycles. The molecule has 2 rings (SSSR count). The Bertz CT molecular complexity index is 353. The van der Waals surface area contributed by atoms with Crippen molar-refractivity contribution >= 4 is 11.3 Å². The summed E-state index contributed by atoms with van der Waals surface area (Å²) in [5, 5.41) is 5.62. The monoisotopic (exact) mass is 266 g/mol. The highest BCUT2D eigenvalue weighted by Gasteiger charge is 2.22. The van der Waals surface area contributed by atoms with Gasteiger partial charge >= 0.3 is 0 Å². The molecule has 102 valence electrons. The molecule has 1 heterocycles. The molecule has 1 N–H and O–H groups in total. The zero-order chi connectivity index (χ0) is 13.0. The molecular weight excluding hydrogens is 240 g/mol. The number of rotatable bonds is 5. The predicted octanol–water partition coefficient (Wildman–Crippen LogP) is 3.06. The van der Waals surface area contributed by atoms with Gasteiger partial charge in [0.25, 0.3) is 0 Å². The van der Waals surface area contributed by atoms with Crippen molar-refractivity contribution in [1.82, 2.24) is 10.2 Å². The Hall–Kier alpha value is -0.380. The van der Waals surface area contributed by atoms with Gasteiger partial charge in [0.05, 0.1) is 0 Å². The summed E-state index contributed by atoms with van der Waals surface area (Å²) in [6, 6.07) is 3.79. The maximum absolute atomic E-state index is 3.41. The van der Waals surface area contributed by atoms with E-state index in [-0.39, 0.29) is 0 Å². The van der Waals surface area contributed by atoms with Gasteiger partial charge in [0.15, 0.2) is 0 Å². The van der Waals surface area contributed by atoms with Crippen LogP contribution in [0.5, 0.6) is 0 Å². The van der Waals surface area contributed by atoms with Crippen LogP contribution in [0.1, 0.15) is 36.1 Å². The van der Waals surface area contributed by atoms with Gasteiger partial charge in [0.2, 0.25) is 0 Å². The molecule has 0 aromatic carbocycles. The third-order valence-electron chi connectivity index (χ3n) is 4.39. The lowest BCUT2D eigenvalue weighted by atomic mass is 9.90. The van der Waals surface area contributed by atoms with E-state index in [9.17, 15) is 0 Å². The summed E-state index contributed by atoms with van der Waals surface area (Å²) >= 11 is 1.91. The molecule has 0 amide bonds. The number of aryl methyl sites for hydroxylation is 1. The Morgan fingerprint density at radius 1 is 1.33 bits per heavy atom. The van der Waals surface area contributed by atoms with Crippen molar-refractivity contribution < 1.29 is 0 Å². The van der Waals surface area contributed by atoms with Gasteiger partial charge < -0.3 is 10.2 Å². The standard InChI is InChI=1S/C15H26N2S/c1-12-9-11-18-15(12)8-10-17(3)14-6-4-13(16-2)5-7-14/h9,11,13-14,16H,4-8,10H2,1-3H3. The number of nitrogens with one attached hydrogen (secondary N) is 1. The maximum atomic E-state index is 3.41. The van der Waals surface area contributed by atoms with E-state index in [0.717, 1.165) is 12.1 Å². The Morgan fingerprint density at radius 2 is 2.06 bits per heavy atom. The number of hydrogen-bond acceptors (Lipinski definition) is 3. The van der Waals surface area contributed by atoms with Crippen LogP contribution < -0.4 is 5.32 Å². The molecule has 1 aliphatic rings. The number of thiophene rings is 1. The molecule has 0 atom stereocenters. The van der Waals surface area contributed by atoms with Gasteiger partial charge in [0, 0.05) is 23.5 Å². The largest absolute Gasteiger partial charge is 0.317 e. The van der Waals surface area contributed by atoms with Crippen molar-refractivity contribution in [1.29, 1.82) is 0 Å². The summed E-state index contributed by atoms with van der Waals surface area (Å²) in [6.07, 6.45) is 6.59. The van der Waals surface area contributed by atoms with Crippen molar-refractivity contribution in [2.24, 2.45) is 0 Å².